The van der Waals surface area contributed by atoms with Crippen LogP contribution in [0.1, 0.15) is 32.2 Å². The maximum absolute atomic E-state index is 6.13. The van der Waals surface area contributed by atoms with Crippen molar-refractivity contribution in [2.75, 3.05) is 44.4 Å². The van der Waals surface area contributed by atoms with Crippen LogP contribution in [-0.2, 0) is 16.8 Å². The van der Waals surface area contributed by atoms with E-state index in [9.17, 15) is 0 Å². The van der Waals surface area contributed by atoms with Gasteiger partial charge in [-0.3, -0.25) is 4.90 Å². The lowest BCUT2D eigenvalue weighted by molar-refractivity contribution is 0.0410. The second-order valence-corrected chi connectivity index (χ2v) is 8.70. The second kappa shape index (κ2) is 8.95. The minimum absolute atomic E-state index is 0.128. The van der Waals surface area contributed by atoms with Gasteiger partial charge in [-0.15, -0.1) is 10.2 Å². The topological polar surface area (TPSA) is 78.4 Å². The van der Waals surface area contributed by atoms with Crippen LogP contribution in [0.4, 0.5) is 0 Å². The maximum Gasteiger partial charge on any atom is 0.209 e. The third-order valence-electron chi connectivity index (χ3n) is 4.57. The van der Waals surface area contributed by atoms with Gasteiger partial charge in [-0.2, -0.15) is 0 Å². The third-order valence-corrected chi connectivity index (χ3v) is 5.49. The summed E-state index contributed by atoms with van der Waals surface area (Å²) in [5.74, 6) is 8.46. The van der Waals surface area contributed by atoms with Crippen molar-refractivity contribution in [1.82, 2.24) is 19.8 Å². The minimum Gasteiger partial charge on any atom is -0.486 e. The Morgan fingerprint density at radius 1 is 1.15 bits per heavy atom. The van der Waals surface area contributed by atoms with E-state index in [0.717, 1.165) is 44.4 Å². The molecule has 1 aliphatic heterocycles. The maximum atomic E-state index is 6.13. The van der Waals surface area contributed by atoms with Gasteiger partial charge in [-0.05, 0) is 23.1 Å². The van der Waals surface area contributed by atoms with E-state index < -0.39 is 0 Å². The van der Waals surface area contributed by atoms with Crippen LogP contribution in [0.2, 0.25) is 0 Å². The second-order valence-electron chi connectivity index (χ2n) is 7.63. The van der Waals surface area contributed by atoms with Gasteiger partial charge < -0.3 is 15.3 Å². The van der Waals surface area contributed by atoms with E-state index in [1.54, 1.807) is 11.8 Å². The molecule has 148 valence electrons. The molecule has 0 aliphatic carbocycles. The Kier molecular flexibility index (Phi) is 6.62. The number of thioether (sulfide) groups is 1. The smallest absolute Gasteiger partial charge is 0.209 e. The number of nitrogens with zero attached hydrogens (tertiary/aromatic N) is 4. The quantitative estimate of drug-likeness (QED) is 0.573. The van der Waals surface area contributed by atoms with Crippen molar-refractivity contribution in [1.29, 1.82) is 0 Å². The molecule has 0 amide bonds. The highest BCUT2D eigenvalue weighted by atomic mass is 32.2. The van der Waals surface area contributed by atoms with Crippen LogP contribution < -0.4 is 10.6 Å². The van der Waals surface area contributed by atoms with E-state index in [1.807, 2.05) is 12.1 Å². The molecule has 0 atom stereocenters. The average molecular weight is 392 g/mol. The zero-order valence-electron chi connectivity index (χ0n) is 16.4. The third kappa shape index (κ3) is 5.60. The highest BCUT2D eigenvalue weighted by molar-refractivity contribution is 7.99. The lowest BCUT2D eigenvalue weighted by Gasteiger charge is -2.26. The van der Waals surface area contributed by atoms with Gasteiger partial charge in [0.15, 0.2) is 5.82 Å². The number of hydrogen-bond acceptors (Lipinski definition) is 7. The summed E-state index contributed by atoms with van der Waals surface area (Å²) in [6.07, 6.45) is 0. The lowest BCUT2D eigenvalue weighted by atomic mass is 9.87. The van der Waals surface area contributed by atoms with Gasteiger partial charge in [0, 0.05) is 25.4 Å². The number of aromatic nitrogens is 3. The summed E-state index contributed by atoms with van der Waals surface area (Å²) in [6.45, 7) is 11.5. The molecule has 1 aromatic carbocycles. The van der Waals surface area contributed by atoms with Crippen LogP contribution in [0.15, 0.2) is 29.4 Å². The first-order valence-corrected chi connectivity index (χ1v) is 10.3. The zero-order chi connectivity index (χ0) is 19.3. The molecule has 2 N–H and O–H groups in total. The number of rotatable bonds is 7. The molecule has 2 heterocycles. The molecule has 2 aromatic rings. The summed E-state index contributed by atoms with van der Waals surface area (Å²) in [6, 6.07) is 8.15. The highest BCUT2D eigenvalue weighted by Crippen LogP contribution is 2.24. The van der Waals surface area contributed by atoms with Crippen LogP contribution >= 0.6 is 11.8 Å². The predicted octanol–water partition coefficient (Wildman–Crippen LogP) is 2.29. The van der Waals surface area contributed by atoms with Crippen molar-refractivity contribution in [2.45, 2.75) is 37.9 Å². The molecule has 0 unspecified atom stereocenters. The monoisotopic (exact) mass is 391 g/mol. The van der Waals surface area contributed by atoms with Crippen molar-refractivity contribution in [3.05, 3.63) is 35.7 Å². The largest absolute Gasteiger partial charge is 0.486 e. The first-order valence-electron chi connectivity index (χ1n) is 9.29. The molecule has 8 heteroatoms. The van der Waals surface area contributed by atoms with E-state index >= 15 is 0 Å². The van der Waals surface area contributed by atoms with Gasteiger partial charge in [-0.1, -0.05) is 44.7 Å². The number of nitrogens with two attached hydrogens (primary N) is 1. The van der Waals surface area contributed by atoms with Crippen molar-refractivity contribution >= 4 is 11.8 Å². The molecule has 1 aliphatic rings. The Hall–Kier alpha value is -1.77. The van der Waals surface area contributed by atoms with E-state index in [4.69, 9.17) is 15.3 Å². The van der Waals surface area contributed by atoms with E-state index in [2.05, 4.69) is 48.0 Å². The Morgan fingerprint density at radius 2 is 1.85 bits per heavy atom. The molecule has 27 heavy (non-hydrogen) atoms. The Bertz CT molecular complexity index is 721. The van der Waals surface area contributed by atoms with Gasteiger partial charge in [0.2, 0.25) is 5.16 Å². The lowest BCUT2D eigenvalue weighted by Crippen LogP contribution is -2.37. The fourth-order valence-electron chi connectivity index (χ4n) is 2.79. The van der Waals surface area contributed by atoms with Gasteiger partial charge in [0.25, 0.3) is 0 Å². The molecule has 0 radical (unpaired) electrons. The number of morpholine rings is 1. The Morgan fingerprint density at radius 3 is 2.52 bits per heavy atom. The van der Waals surface area contributed by atoms with Gasteiger partial charge >= 0.3 is 0 Å². The van der Waals surface area contributed by atoms with E-state index in [-0.39, 0.29) is 5.41 Å². The molecule has 0 bridgehead atoms. The standard InChI is InChI=1S/C19H29N5O2S/c1-19(2,3)15-4-6-16(7-5-15)26-14-17-21-22-18(24(17)20)27-13-10-23-8-11-25-12-9-23/h4-7H,8-14,20H2,1-3H3. The van der Waals surface area contributed by atoms with Gasteiger partial charge in [0.1, 0.15) is 12.4 Å². The van der Waals surface area contributed by atoms with Crippen LogP contribution in [0.3, 0.4) is 0 Å². The molecular formula is C19H29N5O2S. The van der Waals surface area contributed by atoms with Gasteiger partial charge in [0.05, 0.1) is 13.2 Å². The van der Waals surface area contributed by atoms with E-state index in [0.29, 0.717) is 17.6 Å². The number of benzene rings is 1. The highest BCUT2D eigenvalue weighted by Gasteiger charge is 2.15. The van der Waals surface area contributed by atoms with Crippen LogP contribution in [-0.4, -0.2) is 58.4 Å². The Labute approximate surface area is 165 Å². The van der Waals surface area contributed by atoms with Crippen molar-refractivity contribution < 1.29 is 9.47 Å². The first-order chi connectivity index (χ1) is 12.9. The predicted molar refractivity (Wildman–Crippen MR) is 108 cm³/mol. The van der Waals surface area contributed by atoms with Crippen molar-refractivity contribution in [3.63, 3.8) is 0 Å². The summed E-state index contributed by atoms with van der Waals surface area (Å²) in [4.78, 5) is 2.39. The van der Waals surface area contributed by atoms with Crippen molar-refractivity contribution in [2.24, 2.45) is 0 Å². The first kappa shape index (κ1) is 20.0. The van der Waals surface area contributed by atoms with Crippen molar-refractivity contribution in [3.8, 4) is 5.75 Å². The molecule has 0 spiro atoms. The number of ether oxygens (including phenoxy) is 2. The summed E-state index contributed by atoms with van der Waals surface area (Å²) in [7, 11) is 0. The zero-order valence-corrected chi connectivity index (χ0v) is 17.2. The van der Waals surface area contributed by atoms with Crippen LogP contribution in [0.5, 0.6) is 5.75 Å². The summed E-state index contributed by atoms with van der Waals surface area (Å²) >= 11 is 1.61. The molecule has 1 fully saturated rings. The average Bonchev–Trinajstić information content (AvgIpc) is 3.00. The molecular weight excluding hydrogens is 362 g/mol. The molecule has 0 saturated carbocycles. The minimum atomic E-state index is 0.128. The normalized spacial score (nSPS) is 15.8. The molecule has 1 saturated heterocycles. The summed E-state index contributed by atoms with van der Waals surface area (Å²) in [5, 5.41) is 9.06. The number of nitrogen functional groups attached to an aromatic ring is 1. The molecule has 3 rings (SSSR count). The Balaban J connectivity index is 1.48. The van der Waals surface area contributed by atoms with Crippen LogP contribution in [0.25, 0.3) is 0 Å². The fourth-order valence-corrected chi connectivity index (χ4v) is 3.67. The van der Waals surface area contributed by atoms with Crippen LogP contribution in [0, 0.1) is 0 Å². The SMILES string of the molecule is CC(C)(C)c1ccc(OCc2nnc(SCCN3CCOCC3)n2N)cc1. The van der Waals surface area contributed by atoms with E-state index in [1.165, 1.54) is 10.2 Å². The summed E-state index contributed by atoms with van der Waals surface area (Å²) < 4.78 is 12.7. The molecule has 7 nitrogen and oxygen atoms in total. The molecule has 1 aromatic heterocycles. The fraction of sp³-hybridized carbons (Fsp3) is 0.579. The van der Waals surface area contributed by atoms with Gasteiger partial charge in [-0.25, -0.2) is 4.68 Å². The number of hydrogen-bond donors (Lipinski definition) is 1. The summed E-state index contributed by atoms with van der Waals surface area (Å²) in [5.41, 5.74) is 1.40.